The SMILES string of the molecule is CC(C)n1ccc(NCC#Cc2ccccc2)n1. The minimum absolute atomic E-state index is 0.385. The van der Waals surface area contributed by atoms with Crippen molar-refractivity contribution in [3.05, 3.63) is 48.2 Å². The Hall–Kier alpha value is -2.21. The van der Waals surface area contributed by atoms with Gasteiger partial charge in [-0.25, -0.2) is 0 Å². The number of hydrogen-bond donors (Lipinski definition) is 1. The van der Waals surface area contributed by atoms with Gasteiger partial charge in [0.2, 0.25) is 0 Å². The molecule has 1 N–H and O–H groups in total. The number of nitrogens with one attached hydrogen (secondary N) is 1. The molecular formula is C15H17N3. The molecule has 0 amide bonds. The monoisotopic (exact) mass is 239 g/mol. The first-order valence-electron chi connectivity index (χ1n) is 6.08. The molecule has 3 nitrogen and oxygen atoms in total. The van der Waals surface area contributed by atoms with Crippen LogP contribution < -0.4 is 5.32 Å². The van der Waals surface area contributed by atoms with E-state index in [4.69, 9.17) is 0 Å². The second-order valence-corrected chi connectivity index (χ2v) is 4.30. The van der Waals surface area contributed by atoms with E-state index >= 15 is 0 Å². The van der Waals surface area contributed by atoms with Crippen molar-refractivity contribution in [1.82, 2.24) is 9.78 Å². The average Bonchev–Trinajstić information content (AvgIpc) is 2.85. The summed E-state index contributed by atoms with van der Waals surface area (Å²) >= 11 is 0. The Morgan fingerprint density at radius 3 is 2.67 bits per heavy atom. The predicted molar refractivity (Wildman–Crippen MR) is 74.4 cm³/mol. The highest BCUT2D eigenvalue weighted by Gasteiger charge is 1.99. The number of benzene rings is 1. The summed E-state index contributed by atoms with van der Waals surface area (Å²) in [5.74, 6) is 7.04. The van der Waals surface area contributed by atoms with Crippen LogP contribution in [0.3, 0.4) is 0 Å². The second-order valence-electron chi connectivity index (χ2n) is 4.30. The van der Waals surface area contributed by atoms with Gasteiger partial charge in [0, 0.05) is 23.9 Å². The summed E-state index contributed by atoms with van der Waals surface area (Å²) < 4.78 is 1.92. The van der Waals surface area contributed by atoms with Crippen molar-refractivity contribution in [2.24, 2.45) is 0 Å². The molecule has 0 aliphatic heterocycles. The van der Waals surface area contributed by atoms with Crippen molar-refractivity contribution < 1.29 is 0 Å². The van der Waals surface area contributed by atoms with E-state index < -0.39 is 0 Å². The van der Waals surface area contributed by atoms with Crippen LogP contribution in [0.2, 0.25) is 0 Å². The zero-order valence-corrected chi connectivity index (χ0v) is 10.7. The van der Waals surface area contributed by atoms with Crippen LogP contribution in [0.4, 0.5) is 5.82 Å². The van der Waals surface area contributed by atoms with E-state index in [1.54, 1.807) is 0 Å². The molecule has 3 heteroatoms. The number of rotatable bonds is 3. The summed E-state index contributed by atoms with van der Waals surface area (Å²) in [5.41, 5.74) is 1.03. The van der Waals surface area contributed by atoms with Gasteiger partial charge in [-0.1, -0.05) is 30.0 Å². The molecule has 0 spiro atoms. The zero-order chi connectivity index (χ0) is 12.8. The third-order valence-electron chi connectivity index (χ3n) is 2.50. The van der Waals surface area contributed by atoms with Crippen molar-refractivity contribution in [1.29, 1.82) is 0 Å². The van der Waals surface area contributed by atoms with Crippen LogP contribution >= 0.6 is 0 Å². The highest BCUT2D eigenvalue weighted by molar-refractivity contribution is 5.38. The fourth-order valence-electron chi connectivity index (χ4n) is 1.52. The minimum Gasteiger partial charge on any atom is -0.358 e. The van der Waals surface area contributed by atoms with Crippen molar-refractivity contribution in [2.75, 3.05) is 11.9 Å². The molecule has 0 atom stereocenters. The third-order valence-corrected chi connectivity index (χ3v) is 2.50. The van der Waals surface area contributed by atoms with E-state index in [1.165, 1.54) is 0 Å². The molecule has 0 saturated heterocycles. The predicted octanol–water partition coefficient (Wildman–Crippen LogP) is 2.93. The van der Waals surface area contributed by atoms with Gasteiger partial charge in [0.05, 0.1) is 6.54 Å². The lowest BCUT2D eigenvalue weighted by Crippen LogP contribution is -2.04. The molecule has 1 aromatic carbocycles. The molecular weight excluding hydrogens is 222 g/mol. The molecule has 1 aromatic heterocycles. The summed E-state index contributed by atoms with van der Waals surface area (Å²) in [7, 11) is 0. The highest BCUT2D eigenvalue weighted by atomic mass is 15.3. The van der Waals surface area contributed by atoms with Crippen LogP contribution in [-0.2, 0) is 0 Å². The average molecular weight is 239 g/mol. The van der Waals surface area contributed by atoms with Crippen LogP contribution in [0.25, 0.3) is 0 Å². The summed E-state index contributed by atoms with van der Waals surface area (Å²) in [6.45, 7) is 4.81. The van der Waals surface area contributed by atoms with Gasteiger partial charge in [-0.2, -0.15) is 5.10 Å². The normalized spacial score (nSPS) is 9.94. The van der Waals surface area contributed by atoms with Gasteiger partial charge in [0.15, 0.2) is 0 Å². The Morgan fingerprint density at radius 2 is 2.00 bits per heavy atom. The molecule has 0 unspecified atom stereocenters. The summed E-state index contributed by atoms with van der Waals surface area (Å²) in [5, 5.41) is 7.58. The second kappa shape index (κ2) is 5.92. The van der Waals surface area contributed by atoms with Crippen LogP contribution in [-0.4, -0.2) is 16.3 Å². The van der Waals surface area contributed by atoms with Crippen LogP contribution in [0.15, 0.2) is 42.6 Å². The molecule has 1 heterocycles. The molecule has 0 radical (unpaired) electrons. The Bertz CT molecular complexity index is 544. The number of anilines is 1. The molecule has 18 heavy (non-hydrogen) atoms. The standard InChI is InChI=1S/C15H17N3/c1-13(2)18-12-10-15(17-18)16-11-6-9-14-7-4-3-5-8-14/h3-5,7-8,10,12-13H,11H2,1-2H3,(H,16,17). The van der Waals surface area contributed by atoms with E-state index in [9.17, 15) is 0 Å². The Kier molecular flexibility index (Phi) is 4.03. The quantitative estimate of drug-likeness (QED) is 0.835. The molecule has 2 rings (SSSR count). The number of aromatic nitrogens is 2. The number of hydrogen-bond acceptors (Lipinski definition) is 2. The van der Waals surface area contributed by atoms with Gasteiger partial charge in [0.1, 0.15) is 5.82 Å². The Balaban J connectivity index is 1.87. The maximum Gasteiger partial charge on any atom is 0.148 e. The van der Waals surface area contributed by atoms with Gasteiger partial charge in [-0.3, -0.25) is 4.68 Å². The lowest BCUT2D eigenvalue weighted by Gasteiger charge is -2.03. The first-order chi connectivity index (χ1) is 8.75. The molecule has 2 aromatic rings. The maximum atomic E-state index is 4.39. The van der Waals surface area contributed by atoms with Gasteiger partial charge >= 0.3 is 0 Å². The highest BCUT2D eigenvalue weighted by Crippen LogP contribution is 2.07. The third kappa shape index (κ3) is 3.39. The largest absolute Gasteiger partial charge is 0.358 e. The first-order valence-corrected chi connectivity index (χ1v) is 6.08. The maximum absolute atomic E-state index is 4.39. The van der Waals surface area contributed by atoms with Gasteiger partial charge in [-0.15, -0.1) is 0 Å². The summed E-state index contributed by atoms with van der Waals surface area (Å²) in [6, 6.07) is 12.3. The molecule has 0 aliphatic rings. The molecule has 0 aliphatic carbocycles. The molecule has 0 saturated carbocycles. The topological polar surface area (TPSA) is 29.9 Å². The Labute approximate surface area is 108 Å². The number of nitrogens with zero attached hydrogens (tertiary/aromatic N) is 2. The van der Waals surface area contributed by atoms with Crippen molar-refractivity contribution >= 4 is 5.82 Å². The summed E-state index contributed by atoms with van der Waals surface area (Å²) in [4.78, 5) is 0. The first kappa shape index (κ1) is 12.3. The lowest BCUT2D eigenvalue weighted by molar-refractivity contribution is 0.534. The van der Waals surface area contributed by atoms with Crippen molar-refractivity contribution in [2.45, 2.75) is 19.9 Å². The van der Waals surface area contributed by atoms with E-state index in [-0.39, 0.29) is 0 Å². The van der Waals surface area contributed by atoms with Crippen molar-refractivity contribution in [3.63, 3.8) is 0 Å². The zero-order valence-electron chi connectivity index (χ0n) is 10.7. The molecule has 0 bridgehead atoms. The Morgan fingerprint density at radius 1 is 1.22 bits per heavy atom. The lowest BCUT2D eigenvalue weighted by atomic mass is 10.2. The van der Waals surface area contributed by atoms with Gasteiger partial charge < -0.3 is 5.32 Å². The van der Waals surface area contributed by atoms with E-state index in [0.29, 0.717) is 12.6 Å². The van der Waals surface area contributed by atoms with E-state index in [1.807, 2.05) is 47.3 Å². The van der Waals surface area contributed by atoms with Crippen LogP contribution in [0.5, 0.6) is 0 Å². The van der Waals surface area contributed by atoms with Crippen LogP contribution in [0.1, 0.15) is 25.5 Å². The van der Waals surface area contributed by atoms with E-state index in [2.05, 4.69) is 36.1 Å². The van der Waals surface area contributed by atoms with Gasteiger partial charge in [-0.05, 0) is 26.0 Å². The van der Waals surface area contributed by atoms with Crippen LogP contribution in [0, 0.1) is 11.8 Å². The molecule has 0 fully saturated rings. The minimum atomic E-state index is 0.385. The molecule has 92 valence electrons. The smallest absolute Gasteiger partial charge is 0.148 e. The van der Waals surface area contributed by atoms with Gasteiger partial charge in [0.25, 0.3) is 0 Å². The van der Waals surface area contributed by atoms with Crippen molar-refractivity contribution in [3.8, 4) is 11.8 Å². The fourth-order valence-corrected chi connectivity index (χ4v) is 1.52. The fraction of sp³-hybridized carbons (Fsp3) is 0.267. The summed E-state index contributed by atoms with van der Waals surface area (Å²) in [6.07, 6.45) is 1.97. The van der Waals surface area contributed by atoms with E-state index in [0.717, 1.165) is 11.4 Å².